The fourth-order valence-corrected chi connectivity index (χ4v) is 2.33. The number of nitrogens with one attached hydrogen (secondary N) is 1. The van der Waals surface area contributed by atoms with Crippen molar-refractivity contribution in [3.05, 3.63) is 35.4 Å². The highest BCUT2D eigenvalue weighted by molar-refractivity contribution is 7.92. The molecule has 0 aliphatic heterocycles. The van der Waals surface area contributed by atoms with Gasteiger partial charge < -0.3 is 5.32 Å². The summed E-state index contributed by atoms with van der Waals surface area (Å²) in [5, 5.41) is 3.23. The van der Waals surface area contributed by atoms with E-state index < -0.39 is 14.6 Å². The lowest BCUT2D eigenvalue weighted by Gasteiger charge is -2.22. The van der Waals surface area contributed by atoms with Gasteiger partial charge >= 0.3 is 0 Å². The smallest absolute Gasteiger partial charge is 0.153 e. The van der Waals surface area contributed by atoms with E-state index in [0.717, 1.165) is 5.92 Å². The minimum atomic E-state index is -3.03. The maximum absolute atomic E-state index is 11.6. The normalized spacial score (nSPS) is 16.6. The summed E-state index contributed by atoms with van der Waals surface area (Å²) in [6, 6.07) is 8.65. The van der Waals surface area contributed by atoms with Crippen LogP contribution in [0, 0.1) is 0 Å². The van der Waals surface area contributed by atoms with E-state index >= 15 is 0 Å². The number of benzene rings is 1. The summed E-state index contributed by atoms with van der Waals surface area (Å²) in [5.74, 6) is 0.783. The molecule has 19 heavy (non-hydrogen) atoms. The molecule has 0 saturated heterocycles. The predicted octanol–water partition coefficient (Wildman–Crippen LogP) is 2.48. The van der Waals surface area contributed by atoms with Gasteiger partial charge in [0.05, 0.1) is 4.75 Å². The van der Waals surface area contributed by atoms with Gasteiger partial charge in [-0.05, 0) is 43.7 Å². The summed E-state index contributed by atoms with van der Waals surface area (Å²) >= 11 is 0. The molecule has 0 bridgehead atoms. The molecule has 2 rings (SSSR count). The number of sulfone groups is 1. The summed E-state index contributed by atoms with van der Waals surface area (Å²) in [7, 11) is -3.03. The Balaban J connectivity index is 1.85. The second-order valence-electron chi connectivity index (χ2n) is 6.15. The predicted molar refractivity (Wildman–Crippen MR) is 79.0 cm³/mol. The van der Waals surface area contributed by atoms with Crippen LogP contribution in [0.25, 0.3) is 0 Å². The van der Waals surface area contributed by atoms with Crippen molar-refractivity contribution in [2.75, 3.05) is 12.8 Å². The highest BCUT2D eigenvalue weighted by Crippen LogP contribution is 2.39. The van der Waals surface area contributed by atoms with Crippen molar-refractivity contribution in [1.82, 2.24) is 5.32 Å². The standard InChI is InChI=1S/C15H23NO2S/c1-15(2,19(3,17)18)11-16-10-12-4-6-13(7-5-12)14-8-9-14/h4-7,14,16H,8-11H2,1-3H3. The molecule has 1 saturated carbocycles. The second-order valence-corrected chi connectivity index (χ2v) is 8.80. The molecule has 1 aliphatic carbocycles. The van der Waals surface area contributed by atoms with Crippen LogP contribution in [0.2, 0.25) is 0 Å². The fourth-order valence-electron chi connectivity index (χ4n) is 1.96. The molecule has 1 aliphatic rings. The first-order valence-corrected chi connectivity index (χ1v) is 8.68. The minimum Gasteiger partial charge on any atom is -0.311 e. The van der Waals surface area contributed by atoms with Gasteiger partial charge in [0.15, 0.2) is 9.84 Å². The Labute approximate surface area is 116 Å². The molecule has 0 amide bonds. The van der Waals surface area contributed by atoms with Crippen molar-refractivity contribution in [1.29, 1.82) is 0 Å². The van der Waals surface area contributed by atoms with E-state index in [1.165, 1.54) is 30.2 Å². The lowest BCUT2D eigenvalue weighted by molar-refractivity contribution is 0.521. The lowest BCUT2D eigenvalue weighted by Crippen LogP contribution is -2.41. The zero-order valence-corrected chi connectivity index (χ0v) is 12.8. The van der Waals surface area contributed by atoms with E-state index in [4.69, 9.17) is 0 Å². The summed E-state index contributed by atoms with van der Waals surface area (Å²) in [6.07, 6.45) is 3.93. The van der Waals surface area contributed by atoms with Gasteiger partial charge in [-0.2, -0.15) is 0 Å². The highest BCUT2D eigenvalue weighted by Gasteiger charge is 2.29. The molecule has 0 atom stereocenters. The van der Waals surface area contributed by atoms with Gasteiger partial charge in [-0.3, -0.25) is 0 Å². The van der Waals surface area contributed by atoms with Crippen LogP contribution in [0.3, 0.4) is 0 Å². The average Bonchev–Trinajstić information content (AvgIpc) is 3.12. The van der Waals surface area contributed by atoms with Crippen molar-refractivity contribution in [2.45, 2.75) is 43.9 Å². The lowest BCUT2D eigenvalue weighted by atomic mass is 10.1. The quantitative estimate of drug-likeness (QED) is 0.871. The van der Waals surface area contributed by atoms with Crippen LogP contribution in [-0.2, 0) is 16.4 Å². The minimum absolute atomic E-state index is 0.468. The molecular formula is C15H23NO2S. The Morgan fingerprint density at radius 3 is 2.26 bits per heavy atom. The van der Waals surface area contributed by atoms with Crippen molar-refractivity contribution in [3.63, 3.8) is 0 Å². The van der Waals surface area contributed by atoms with Crippen molar-refractivity contribution in [3.8, 4) is 0 Å². The monoisotopic (exact) mass is 281 g/mol. The zero-order chi connectivity index (χ0) is 14.1. The van der Waals surface area contributed by atoms with Gasteiger partial charge in [0.25, 0.3) is 0 Å². The molecule has 1 aromatic rings. The van der Waals surface area contributed by atoms with Crippen LogP contribution >= 0.6 is 0 Å². The maximum Gasteiger partial charge on any atom is 0.153 e. The van der Waals surface area contributed by atoms with E-state index in [1.54, 1.807) is 13.8 Å². The number of rotatable bonds is 6. The van der Waals surface area contributed by atoms with Crippen molar-refractivity contribution < 1.29 is 8.42 Å². The molecular weight excluding hydrogens is 258 g/mol. The molecule has 0 spiro atoms. The van der Waals surface area contributed by atoms with Gasteiger partial charge in [-0.1, -0.05) is 24.3 Å². The molecule has 1 N–H and O–H groups in total. The zero-order valence-electron chi connectivity index (χ0n) is 11.9. The summed E-state index contributed by atoms with van der Waals surface area (Å²) in [6.45, 7) is 4.69. The highest BCUT2D eigenvalue weighted by atomic mass is 32.2. The molecule has 3 nitrogen and oxygen atoms in total. The maximum atomic E-state index is 11.6. The first-order chi connectivity index (χ1) is 8.79. The van der Waals surface area contributed by atoms with Gasteiger partial charge in [-0.15, -0.1) is 0 Å². The SMILES string of the molecule is CC(C)(CNCc1ccc(C2CC2)cc1)S(C)(=O)=O. The molecule has 0 unspecified atom stereocenters. The van der Waals surface area contributed by atoms with Crippen LogP contribution in [0.15, 0.2) is 24.3 Å². The Hall–Kier alpha value is -0.870. The van der Waals surface area contributed by atoms with E-state index in [-0.39, 0.29) is 0 Å². The van der Waals surface area contributed by atoms with Gasteiger partial charge in [0.2, 0.25) is 0 Å². The van der Waals surface area contributed by atoms with Gasteiger partial charge in [0, 0.05) is 19.3 Å². The summed E-state index contributed by atoms with van der Waals surface area (Å²) in [5.41, 5.74) is 2.63. The van der Waals surface area contributed by atoms with Crippen molar-refractivity contribution >= 4 is 9.84 Å². The summed E-state index contributed by atoms with van der Waals surface area (Å²) < 4.78 is 22.4. The van der Waals surface area contributed by atoms with Crippen LogP contribution in [0.5, 0.6) is 0 Å². The number of hydrogen-bond donors (Lipinski definition) is 1. The molecule has 0 aromatic heterocycles. The third-order valence-corrected chi connectivity index (χ3v) is 6.06. The first-order valence-electron chi connectivity index (χ1n) is 6.79. The largest absolute Gasteiger partial charge is 0.311 e. The van der Waals surface area contributed by atoms with Crippen LogP contribution in [0.1, 0.15) is 43.7 Å². The molecule has 1 aromatic carbocycles. The fraction of sp³-hybridized carbons (Fsp3) is 0.600. The van der Waals surface area contributed by atoms with E-state index in [2.05, 4.69) is 29.6 Å². The van der Waals surface area contributed by atoms with E-state index in [1.807, 2.05) is 0 Å². The molecule has 106 valence electrons. The van der Waals surface area contributed by atoms with E-state index in [0.29, 0.717) is 13.1 Å². The topological polar surface area (TPSA) is 46.2 Å². The first kappa shape index (κ1) is 14.5. The van der Waals surface area contributed by atoms with Gasteiger partial charge in [-0.25, -0.2) is 8.42 Å². The molecule has 0 radical (unpaired) electrons. The van der Waals surface area contributed by atoms with Gasteiger partial charge in [0.1, 0.15) is 0 Å². The van der Waals surface area contributed by atoms with E-state index in [9.17, 15) is 8.42 Å². The molecule has 0 heterocycles. The Kier molecular flexibility index (Phi) is 4.02. The third-order valence-electron chi connectivity index (χ3n) is 3.91. The third kappa shape index (κ3) is 3.80. The molecule has 4 heteroatoms. The molecule has 1 fully saturated rings. The average molecular weight is 281 g/mol. The van der Waals surface area contributed by atoms with Crippen LogP contribution < -0.4 is 5.32 Å². The van der Waals surface area contributed by atoms with Crippen LogP contribution in [0.4, 0.5) is 0 Å². The Morgan fingerprint density at radius 1 is 1.21 bits per heavy atom. The Morgan fingerprint density at radius 2 is 1.79 bits per heavy atom. The number of hydrogen-bond acceptors (Lipinski definition) is 3. The van der Waals surface area contributed by atoms with Crippen molar-refractivity contribution in [2.24, 2.45) is 0 Å². The summed E-state index contributed by atoms with van der Waals surface area (Å²) in [4.78, 5) is 0. The Bertz CT molecular complexity index is 528. The second kappa shape index (κ2) is 5.25. The van der Waals surface area contributed by atoms with Crippen LogP contribution in [-0.4, -0.2) is 26.0 Å².